The number of carboxylic acid groups (broad SMARTS) is 1. The molecule has 1 amide bonds. The summed E-state index contributed by atoms with van der Waals surface area (Å²) in [5, 5.41) is 15.5. The molecule has 1 aromatic heterocycles. The van der Waals surface area contributed by atoms with Gasteiger partial charge in [-0.3, -0.25) is 9.48 Å². The molecule has 0 saturated carbocycles. The minimum absolute atomic E-state index is 0.0799. The molecule has 6 nitrogen and oxygen atoms in total. The second-order valence-electron chi connectivity index (χ2n) is 4.39. The SMILES string of the molecule is CCCC(C)NC(=O)C(C)n1cc(C(=O)O)cn1. The largest absolute Gasteiger partial charge is 0.478 e. The van der Waals surface area contributed by atoms with Crippen molar-refractivity contribution >= 4 is 11.9 Å². The summed E-state index contributed by atoms with van der Waals surface area (Å²) < 4.78 is 1.36. The molecule has 0 fully saturated rings. The van der Waals surface area contributed by atoms with Crippen LogP contribution in [0, 0.1) is 0 Å². The van der Waals surface area contributed by atoms with Crippen molar-refractivity contribution in [1.29, 1.82) is 0 Å². The molecule has 0 aliphatic heterocycles. The molecule has 1 rings (SSSR count). The Kier molecular flexibility index (Phi) is 4.88. The van der Waals surface area contributed by atoms with Gasteiger partial charge in [-0.15, -0.1) is 0 Å². The van der Waals surface area contributed by atoms with E-state index in [-0.39, 0.29) is 17.5 Å². The smallest absolute Gasteiger partial charge is 0.338 e. The lowest BCUT2D eigenvalue weighted by Gasteiger charge is -2.17. The zero-order valence-electron chi connectivity index (χ0n) is 10.9. The molecule has 1 aromatic rings. The molecule has 0 saturated heterocycles. The van der Waals surface area contributed by atoms with Gasteiger partial charge >= 0.3 is 5.97 Å². The van der Waals surface area contributed by atoms with Crippen molar-refractivity contribution in [1.82, 2.24) is 15.1 Å². The van der Waals surface area contributed by atoms with Gasteiger partial charge in [0.2, 0.25) is 5.91 Å². The first kappa shape index (κ1) is 14.2. The Bertz CT molecular complexity index is 428. The highest BCUT2D eigenvalue weighted by molar-refractivity contribution is 5.87. The number of aromatic nitrogens is 2. The van der Waals surface area contributed by atoms with Crippen LogP contribution in [0.5, 0.6) is 0 Å². The number of nitrogens with zero attached hydrogens (tertiary/aromatic N) is 2. The topological polar surface area (TPSA) is 84.2 Å². The van der Waals surface area contributed by atoms with Crippen molar-refractivity contribution in [3.05, 3.63) is 18.0 Å². The van der Waals surface area contributed by atoms with Crippen LogP contribution in [0.1, 0.15) is 50.0 Å². The van der Waals surface area contributed by atoms with Gasteiger partial charge in [-0.25, -0.2) is 4.79 Å². The van der Waals surface area contributed by atoms with Crippen LogP contribution in [-0.2, 0) is 4.79 Å². The summed E-state index contributed by atoms with van der Waals surface area (Å²) in [5.41, 5.74) is 0.0799. The van der Waals surface area contributed by atoms with E-state index in [0.29, 0.717) is 0 Å². The van der Waals surface area contributed by atoms with E-state index in [1.165, 1.54) is 17.1 Å². The summed E-state index contributed by atoms with van der Waals surface area (Å²) in [6.07, 6.45) is 4.51. The second kappa shape index (κ2) is 6.18. The van der Waals surface area contributed by atoms with Gasteiger partial charge in [0.05, 0.1) is 11.8 Å². The normalized spacial score (nSPS) is 13.9. The zero-order chi connectivity index (χ0) is 13.7. The standard InChI is InChI=1S/C12H19N3O3/c1-4-5-8(2)14-11(16)9(3)15-7-10(6-13-15)12(17)18/h6-9H,4-5H2,1-3H3,(H,14,16)(H,17,18). The minimum atomic E-state index is -1.05. The number of carbonyl (C=O) groups excluding carboxylic acids is 1. The number of hydrogen-bond donors (Lipinski definition) is 2. The molecule has 18 heavy (non-hydrogen) atoms. The molecule has 6 heteroatoms. The van der Waals surface area contributed by atoms with Crippen LogP contribution >= 0.6 is 0 Å². The third-order valence-electron chi connectivity index (χ3n) is 2.74. The van der Waals surface area contributed by atoms with Gasteiger partial charge < -0.3 is 10.4 Å². The van der Waals surface area contributed by atoms with Gasteiger partial charge in [0, 0.05) is 12.2 Å². The molecule has 2 unspecified atom stereocenters. The van der Waals surface area contributed by atoms with Crippen molar-refractivity contribution in [2.24, 2.45) is 0 Å². The molecule has 2 N–H and O–H groups in total. The average Bonchev–Trinajstić information content (AvgIpc) is 2.77. The molecule has 0 aromatic carbocycles. The fraction of sp³-hybridized carbons (Fsp3) is 0.583. The molecular formula is C12H19N3O3. The van der Waals surface area contributed by atoms with Crippen molar-refractivity contribution in [3.8, 4) is 0 Å². The third kappa shape index (κ3) is 3.58. The molecular weight excluding hydrogens is 234 g/mol. The summed E-state index contributed by atoms with van der Waals surface area (Å²) >= 11 is 0. The highest BCUT2D eigenvalue weighted by Crippen LogP contribution is 2.08. The first-order valence-corrected chi connectivity index (χ1v) is 6.03. The minimum Gasteiger partial charge on any atom is -0.478 e. The Balaban J connectivity index is 2.65. The van der Waals surface area contributed by atoms with E-state index in [2.05, 4.69) is 17.3 Å². The van der Waals surface area contributed by atoms with E-state index in [9.17, 15) is 9.59 Å². The van der Waals surface area contributed by atoms with Crippen LogP contribution in [0.4, 0.5) is 0 Å². The van der Waals surface area contributed by atoms with Gasteiger partial charge in [-0.1, -0.05) is 13.3 Å². The number of aromatic carboxylic acids is 1. The molecule has 0 aliphatic carbocycles. The number of rotatable bonds is 6. The van der Waals surface area contributed by atoms with Crippen LogP contribution in [-0.4, -0.2) is 32.8 Å². The molecule has 2 atom stereocenters. The number of carbonyl (C=O) groups is 2. The first-order chi connectivity index (χ1) is 8.45. The molecule has 100 valence electrons. The Labute approximate surface area is 106 Å². The quantitative estimate of drug-likeness (QED) is 0.803. The second-order valence-corrected chi connectivity index (χ2v) is 4.39. The lowest BCUT2D eigenvalue weighted by atomic mass is 10.2. The summed E-state index contributed by atoms with van der Waals surface area (Å²) in [6.45, 7) is 5.69. The van der Waals surface area contributed by atoms with Crippen LogP contribution in [0.2, 0.25) is 0 Å². The summed E-state index contributed by atoms with van der Waals surface area (Å²) in [7, 11) is 0. The van der Waals surface area contributed by atoms with Crippen LogP contribution in [0.3, 0.4) is 0 Å². The van der Waals surface area contributed by atoms with Crippen molar-refractivity contribution in [2.45, 2.75) is 45.7 Å². The monoisotopic (exact) mass is 253 g/mol. The number of carboxylic acids is 1. The van der Waals surface area contributed by atoms with E-state index in [1.54, 1.807) is 6.92 Å². The van der Waals surface area contributed by atoms with E-state index < -0.39 is 12.0 Å². The molecule has 0 radical (unpaired) electrons. The van der Waals surface area contributed by atoms with Gasteiger partial charge in [-0.05, 0) is 20.3 Å². The Morgan fingerprint density at radius 2 is 2.17 bits per heavy atom. The average molecular weight is 253 g/mol. The predicted molar refractivity (Wildman–Crippen MR) is 66.4 cm³/mol. The fourth-order valence-electron chi connectivity index (χ4n) is 1.65. The van der Waals surface area contributed by atoms with Crippen LogP contribution in [0.25, 0.3) is 0 Å². The number of amides is 1. The maximum absolute atomic E-state index is 11.9. The van der Waals surface area contributed by atoms with Crippen molar-refractivity contribution in [2.75, 3.05) is 0 Å². The highest BCUT2D eigenvalue weighted by Gasteiger charge is 2.18. The van der Waals surface area contributed by atoms with Crippen molar-refractivity contribution < 1.29 is 14.7 Å². The third-order valence-corrected chi connectivity index (χ3v) is 2.74. The Morgan fingerprint density at radius 1 is 1.50 bits per heavy atom. The van der Waals surface area contributed by atoms with Gasteiger partial charge in [0.15, 0.2) is 0 Å². The Morgan fingerprint density at radius 3 is 2.67 bits per heavy atom. The van der Waals surface area contributed by atoms with E-state index in [1.807, 2.05) is 6.92 Å². The molecule has 1 heterocycles. The lowest BCUT2D eigenvalue weighted by Crippen LogP contribution is -2.37. The predicted octanol–water partition coefficient (Wildman–Crippen LogP) is 1.45. The fourth-order valence-corrected chi connectivity index (χ4v) is 1.65. The van der Waals surface area contributed by atoms with Gasteiger partial charge in [0.1, 0.15) is 6.04 Å². The van der Waals surface area contributed by atoms with Crippen LogP contribution < -0.4 is 5.32 Å². The van der Waals surface area contributed by atoms with Crippen LogP contribution in [0.15, 0.2) is 12.4 Å². The van der Waals surface area contributed by atoms with E-state index >= 15 is 0 Å². The maximum Gasteiger partial charge on any atom is 0.338 e. The van der Waals surface area contributed by atoms with Gasteiger partial charge in [0.25, 0.3) is 0 Å². The first-order valence-electron chi connectivity index (χ1n) is 6.03. The summed E-state index contributed by atoms with van der Waals surface area (Å²) in [4.78, 5) is 22.6. The highest BCUT2D eigenvalue weighted by atomic mass is 16.4. The van der Waals surface area contributed by atoms with E-state index in [4.69, 9.17) is 5.11 Å². The van der Waals surface area contributed by atoms with E-state index in [0.717, 1.165) is 12.8 Å². The lowest BCUT2D eigenvalue weighted by molar-refractivity contribution is -0.124. The number of nitrogens with one attached hydrogen (secondary N) is 1. The summed E-state index contributed by atoms with van der Waals surface area (Å²) in [5.74, 6) is -1.20. The summed E-state index contributed by atoms with van der Waals surface area (Å²) in [6, 6.07) is -0.406. The number of hydrogen-bond acceptors (Lipinski definition) is 3. The molecule has 0 bridgehead atoms. The molecule has 0 spiro atoms. The van der Waals surface area contributed by atoms with Crippen molar-refractivity contribution in [3.63, 3.8) is 0 Å². The maximum atomic E-state index is 11.9. The molecule has 0 aliphatic rings. The van der Waals surface area contributed by atoms with Gasteiger partial charge in [-0.2, -0.15) is 5.10 Å². The Hall–Kier alpha value is -1.85. The zero-order valence-corrected chi connectivity index (χ0v) is 10.9.